The Morgan fingerprint density at radius 1 is 0.578 bits per heavy atom. The molecule has 0 fully saturated rings. The number of phenols is 2. The van der Waals surface area contributed by atoms with Gasteiger partial charge in [0.05, 0.1) is 24.2 Å². The number of fused-ring (bicyclic) bond motifs is 2. The van der Waals surface area contributed by atoms with E-state index in [0.717, 1.165) is 44.5 Å². The number of hydrogen-bond acceptors (Lipinski definition) is 10. The van der Waals surface area contributed by atoms with Crippen LogP contribution >= 0.6 is 0 Å². The lowest BCUT2D eigenvalue weighted by Gasteiger charge is -2.37. The average Bonchev–Trinajstić information content (AvgIpc) is 3.25. The summed E-state index contributed by atoms with van der Waals surface area (Å²) in [7, 11) is 7.35. The maximum absolute atomic E-state index is 14.6. The smallest absolute Gasteiger partial charge is 0.246 e. The lowest BCUT2D eigenvalue weighted by atomic mass is 9.92. The molecule has 4 N–H and O–H groups in total. The lowest BCUT2D eigenvalue weighted by molar-refractivity contribution is -0.151. The van der Waals surface area contributed by atoms with E-state index in [9.17, 15) is 29.4 Å². The van der Waals surface area contributed by atoms with E-state index in [0.29, 0.717) is 64.5 Å². The van der Waals surface area contributed by atoms with Gasteiger partial charge in [0.15, 0.2) is 0 Å². The van der Waals surface area contributed by atoms with Crippen molar-refractivity contribution in [1.29, 1.82) is 0 Å². The van der Waals surface area contributed by atoms with Crippen LogP contribution in [0.1, 0.15) is 81.3 Å². The maximum Gasteiger partial charge on any atom is 0.246 e. The molecule has 0 spiro atoms. The molecule has 2 aliphatic rings. The number of phenolic OH excluding ortho intramolecular Hbond substituents is 2. The van der Waals surface area contributed by atoms with Crippen LogP contribution in [0.3, 0.4) is 0 Å². The van der Waals surface area contributed by atoms with Gasteiger partial charge in [0, 0.05) is 26.2 Å². The van der Waals surface area contributed by atoms with Crippen LogP contribution in [0.5, 0.6) is 11.5 Å². The molecule has 4 aromatic rings. The van der Waals surface area contributed by atoms with E-state index in [4.69, 9.17) is 0 Å². The summed E-state index contributed by atoms with van der Waals surface area (Å²) in [6, 6.07) is 20.7. The molecule has 0 saturated heterocycles. The highest BCUT2D eigenvalue weighted by molar-refractivity contribution is 6.01. The molecule has 0 radical (unpaired) electrons. The minimum Gasteiger partial charge on any atom is -0.508 e. The second kappa shape index (κ2) is 21.5. The number of benzene rings is 4. The summed E-state index contributed by atoms with van der Waals surface area (Å²) in [6.07, 6.45) is 4.20. The van der Waals surface area contributed by atoms with Crippen molar-refractivity contribution in [3.8, 4) is 11.5 Å². The molecule has 64 heavy (non-hydrogen) atoms. The van der Waals surface area contributed by atoms with Gasteiger partial charge in [-0.1, -0.05) is 61.4 Å². The van der Waals surface area contributed by atoms with Crippen molar-refractivity contribution < 1.29 is 29.4 Å². The summed E-state index contributed by atoms with van der Waals surface area (Å²) >= 11 is 0. The number of hydrogen-bond donors (Lipinski definition) is 4. The predicted octanol–water partition coefficient (Wildman–Crippen LogP) is 5.68. The van der Waals surface area contributed by atoms with Crippen molar-refractivity contribution in [3.05, 3.63) is 128 Å². The van der Waals surface area contributed by atoms with E-state index in [1.54, 1.807) is 38.4 Å². The Morgan fingerprint density at radius 2 is 0.906 bits per heavy atom. The third-order valence-corrected chi connectivity index (χ3v) is 13.6. The SMILES string of the molecule is CN[C@@H](Cc1c(C)cc(O)cc1C)C(=O)N(CCCCCCN(C(=O)C1Cc2ccccc2CN1C)C(=O)[C@H](Cc1c(C)cc(O)cc1C)NC)C(=O)C1Cc2ccccc2CN1C. The lowest BCUT2D eigenvalue weighted by Crippen LogP contribution is -2.56. The summed E-state index contributed by atoms with van der Waals surface area (Å²) in [4.78, 5) is 65.3. The highest BCUT2D eigenvalue weighted by Gasteiger charge is 2.38. The first-order valence-corrected chi connectivity index (χ1v) is 22.8. The minimum absolute atomic E-state index is 0.175. The molecule has 4 atom stereocenters. The van der Waals surface area contributed by atoms with Gasteiger partial charge in [-0.3, -0.25) is 38.8 Å². The molecule has 2 aliphatic heterocycles. The van der Waals surface area contributed by atoms with Gasteiger partial charge < -0.3 is 20.8 Å². The van der Waals surface area contributed by atoms with Crippen LogP contribution in [0.2, 0.25) is 0 Å². The highest BCUT2D eigenvalue weighted by atomic mass is 16.3. The van der Waals surface area contributed by atoms with Gasteiger partial charge >= 0.3 is 0 Å². The van der Waals surface area contributed by atoms with Crippen LogP contribution in [0.25, 0.3) is 0 Å². The van der Waals surface area contributed by atoms with Crippen molar-refractivity contribution in [1.82, 2.24) is 30.2 Å². The highest BCUT2D eigenvalue weighted by Crippen LogP contribution is 2.28. The van der Waals surface area contributed by atoms with Crippen LogP contribution in [-0.2, 0) is 58.0 Å². The number of unbranched alkanes of at least 4 members (excludes halogenated alkanes) is 3. The van der Waals surface area contributed by atoms with E-state index in [-0.39, 0.29) is 48.2 Å². The Hall–Kier alpha value is -5.40. The van der Waals surface area contributed by atoms with Crippen molar-refractivity contribution in [3.63, 3.8) is 0 Å². The first-order valence-electron chi connectivity index (χ1n) is 22.8. The molecule has 0 saturated carbocycles. The maximum atomic E-state index is 14.6. The summed E-state index contributed by atoms with van der Waals surface area (Å²) < 4.78 is 0. The van der Waals surface area contributed by atoms with E-state index >= 15 is 0 Å². The molecule has 0 aliphatic carbocycles. The topological polar surface area (TPSA) is 146 Å². The number of aromatic hydroxyl groups is 2. The number of aryl methyl sites for hydroxylation is 4. The van der Waals surface area contributed by atoms with Crippen LogP contribution in [0, 0.1) is 27.7 Å². The molecule has 0 aromatic heterocycles. The first kappa shape index (κ1) is 48.1. The van der Waals surface area contributed by atoms with Gasteiger partial charge in [-0.05, 0) is 174 Å². The minimum atomic E-state index is -0.670. The Kier molecular flexibility index (Phi) is 16.2. The predicted molar refractivity (Wildman–Crippen MR) is 251 cm³/mol. The molecular formula is C52H68N6O6. The van der Waals surface area contributed by atoms with E-state index < -0.39 is 24.2 Å². The number of nitrogens with zero attached hydrogens (tertiary/aromatic N) is 4. The molecule has 12 nitrogen and oxygen atoms in total. The summed E-state index contributed by atoms with van der Waals surface area (Å²) in [6.45, 7) is 9.35. The number of carbonyl (C=O) groups excluding carboxylic acids is 4. The van der Waals surface area contributed by atoms with E-state index in [2.05, 4.69) is 34.9 Å². The van der Waals surface area contributed by atoms with Crippen LogP contribution in [0.4, 0.5) is 0 Å². The first-order chi connectivity index (χ1) is 30.6. The van der Waals surface area contributed by atoms with Crippen molar-refractivity contribution in [2.45, 2.75) is 116 Å². The number of likely N-dealkylation sites (N-methyl/N-ethyl adjacent to an activating group) is 4. The average molecular weight is 873 g/mol. The molecular weight excluding hydrogens is 805 g/mol. The third kappa shape index (κ3) is 11.1. The van der Waals surface area contributed by atoms with E-state index in [1.165, 1.54) is 20.9 Å². The van der Waals surface area contributed by atoms with E-state index in [1.807, 2.05) is 75.9 Å². The van der Waals surface area contributed by atoms with Gasteiger partial charge in [-0.15, -0.1) is 0 Å². The molecule has 4 aromatic carbocycles. The quantitative estimate of drug-likeness (QED) is 0.0980. The largest absolute Gasteiger partial charge is 0.508 e. The number of imide groups is 2. The second-order valence-corrected chi connectivity index (χ2v) is 18.1. The Balaban J connectivity index is 1.18. The molecule has 4 amide bonds. The standard InChI is InChI=1S/C52H68N6O6/c1-33-23-41(59)24-34(2)43(33)29-45(53-5)49(61)57(51(63)47-27-37-17-11-13-19-39(37)31-55(47)7)21-15-9-10-16-22-58(52(64)48-28-38-18-12-14-20-40(38)32-56(48)8)50(62)46(54-6)30-44-35(3)25-42(60)26-36(44)4/h11-14,17-20,23-26,45-48,53-54,59-60H,9-10,15-16,21-22,27-32H2,1-8H3/t45-,46-,47?,48?/m0/s1. The fourth-order valence-corrected chi connectivity index (χ4v) is 9.77. The Morgan fingerprint density at radius 3 is 1.23 bits per heavy atom. The Labute approximate surface area is 379 Å². The monoisotopic (exact) mass is 873 g/mol. The van der Waals surface area contributed by atoms with Gasteiger partial charge in [0.25, 0.3) is 0 Å². The number of carbonyl (C=O) groups is 4. The molecule has 342 valence electrons. The summed E-state index contributed by atoms with van der Waals surface area (Å²) in [5, 5.41) is 26.8. The van der Waals surface area contributed by atoms with Gasteiger partial charge in [0.1, 0.15) is 11.5 Å². The third-order valence-electron chi connectivity index (χ3n) is 13.6. The fraction of sp³-hybridized carbons (Fsp3) is 0.462. The molecule has 2 unspecified atom stereocenters. The van der Waals surface area contributed by atoms with Gasteiger partial charge in [-0.2, -0.15) is 0 Å². The van der Waals surface area contributed by atoms with Crippen LogP contribution in [-0.4, -0.2) is 119 Å². The zero-order valence-electron chi connectivity index (χ0n) is 39.0. The summed E-state index contributed by atoms with van der Waals surface area (Å²) in [5.74, 6) is -0.672. The molecule has 6 rings (SSSR count). The zero-order valence-corrected chi connectivity index (χ0v) is 39.0. The van der Waals surface area contributed by atoms with Crippen LogP contribution < -0.4 is 10.6 Å². The van der Waals surface area contributed by atoms with Crippen molar-refractivity contribution >= 4 is 23.6 Å². The molecule has 12 heteroatoms. The Bertz CT molecular complexity index is 2120. The zero-order chi connectivity index (χ0) is 46.2. The van der Waals surface area contributed by atoms with Crippen molar-refractivity contribution in [2.24, 2.45) is 0 Å². The fourth-order valence-electron chi connectivity index (χ4n) is 9.77. The normalized spacial score (nSPS) is 17.2. The van der Waals surface area contributed by atoms with Crippen LogP contribution in [0.15, 0.2) is 72.8 Å². The number of amides is 4. The number of nitrogens with one attached hydrogen (secondary N) is 2. The van der Waals surface area contributed by atoms with Crippen molar-refractivity contribution in [2.75, 3.05) is 41.3 Å². The number of rotatable bonds is 17. The summed E-state index contributed by atoms with van der Waals surface area (Å²) in [5.41, 5.74) is 9.99. The molecule has 0 bridgehead atoms. The van der Waals surface area contributed by atoms with Gasteiger partial charge in [0.2, 0.25) is 23.6 Å². The molecule has 2 heterocycles. The second-order valence-electron chi connectivity index (χ2n) is 18.1. The van der Waals surface area contributed by atoms with Gasteiger partial charge in [-0.25, -0.2) is 0 Å².